The summed E-state index contributed by atoms with van der Waals surface area (Å²) in [4.78, 5) is 43.5. The zero-order chi connectivity index (χ0) is 26.2. The molecule has 6 rings (SSSR count). The van der Waals surface area contributed by atoms with E-state index < -0.39 is 5.97 Å². The Balaban J connectivity index is 1.45. The van der Waals surface area contributed by atoms with Crippen LogP contribution in [0.15, 0.2) is 52.3 Å². The summed E-state index contributed by atoms with van der Waals surface area (Å²) in [5, 5.41) is 9.78. The van der Waals surface area contributed by atoms with Crippen molar-refractivity contribution in [2.24, 2.45) is 11.1 Å². The standard InChI is InChI=1S/C31H30N2O4S/c1-19(34)37-32-27(14-20-6-3-2-4-7-20)31(36)24-15-21-8-5-12-33-28-10-9-22(30(35)23-11-13-38-18-23)16-25(28)26(17-24)29(21)33/h9-11,13,15-18,20H,2-8,12,14H2,1H3/b32-27+. The SMILES string of the molecule is CC(=O)O/N=C(\CC1CCCCC1)C(=O)c1cc2c3c(c1)c1cc(C(=O)c4ccsc4)ccc1n3CCC2. The molecule has 0 spiro atoms. The summed E-state index contributed by atoms with van der Waals surface area (Å²) in [6, 6.07) is 11.7. The first-order chi connectivity index (χ1) is 18.5. The van der Waals surface area contributed by atoms with Crippen LogP contribution in [0.2, 0.25) is 0 Å². The predicted molar refractivity (Wildman–Crippen MR) is 150 cm³/mol. The van der Waals surface area contributed by atoms with Crippen LogP contribution in [-0.4, -0.2) is 27.8 Å². The van der Waals surface area contributed by atoms with Crippen molar-refractivity contribution >= 4 is 56.4 Å². The first-order valence-corrected chi connectivity index (χ1v) is 14.4. The van der Waals surface area contributed by atoms with Crippen LogP contribution in [0.5, 0.6) is 0 Å². The van der Waals surface area contributed by atoms with Gasteiger partial charge in [-0.25, -0.2) is 4.79 Å². The molecule has 1 saturated carbocycles. The largest absolute Gasteiger partial charge is 0.340 e. The molecule has 1 aliphatic carbocycles. The number of carbonyl (C=O) groups excluding carboxylic acids is 3. The minimum absolute atomic E-state index is 0.000315. The Bertz CT molecular complexity index is 1590. The average molecular weight is 527 g/mol. The molecular formula is C31H30N2O4S. The molecule has 0 unspecified atom stereocenters. The second-order valence-electron chi connectivity index (χ2n) is 10.5. The highest BCUT2D eigenvalue weighted by molar-refractivity contribution is 7.08. The van der Waals surface area contributed by atoms with Gasteiger partial charge in [-0.2, -0.15) is 11.3 Å². The number of rotatable bonds is 7. The van der Waals surface area contributed by atoms with Crippen molar-refractivity contribution < 1.29 is 19.2 Å². The first-order valence-electron chi connectivity index (χ1n) is 13.4. The molecule has 0 saturated heterocycles. The highest BCUT2D eigenvalue weighted by Gasteiger charge is 2.26. The number of hydrogen-bond acceptors (Lipinski definition) is 6. The second-order valence-corrected chi connectivity index (χ2v) is 11.3. The lowest BCUT2D eigenvalue weighted by atomic mass is 9.84. The number of Topliss-reactive ketones (excluding diaryl/α,β-unsaturated/α-hetero) is 1. The van der Waals surface area contributed by atoms with E-state index in [0.717, 1.165) is 72.4 Å². The predicted octanol–water partition coefficient (Wildman–Crippen LogP) is 7.11. The summed E-state index contributed by atoms with van der Waals surface area (Å²) in [5.74, 6) is -0.348. The molecule has 2 aromatic carbocycles. The second kappa shape index (κ2) is 10.3. The van der Waals surface area contributed by atoms with E-state index in [9.17, 15) is 14.4 Å². The average Bonchev–Trinajstić information content (AvgIpc) is 3.59. The van der Waals surface area contributed by atoms with Crippen LogP contribution < -0.4 is 0 Å². The van der Waals surface area contributed by atoms with Gasteiger partial charge in [-0.05, 0) is 72.5 Å². The molecule has 194 valence electrons. The molecule has 3 heterocycles. The number of fused-ring (bicyclic) bond motifs is 3. The van der Waals surface area contributed by atoms with E-state index in [4.69, 9.17) is 4.84 Å². The number of thiophene rings is 1. The Morgan fingerprint density at radius 2 is 1.79 bits per heavy atom. The number of aryl methyl sites for hydroxylation is 2. The van der Waals surface area contributed by atoms with Gasteiger partial charge in [0.25, 0.3) is 0 Å². The minimum atomic E-state index is -0.532. The third-order valence-corrected chi connectivity index (χ3v) is 8.61. The van der Waals surface area contributed by atoms with Crippen molar-refractivity contribution in [3.8, 4) is 0 Å². The van der Waals surface area contributed by atoms with E-state index >= 15 is 0 Å². The maximum Gasteiger partial charge on any atom is 0.331 e. The number of oxime groups is 1. The lowest BCUT2D eigenvalue weighted by molar-refractivity contribution is -0.140. The van der Waals surface area contributed by atoms with Gasteiger partial charge in [0.2, 0.25) is 5.78 Å². The van der Waals surface area contributed by atoms with Crippen LogP contribution >= 0.6 is 11.3 Å². The quantitative estimate of drug-likeness (QED) is 0.111. The van der Waals surface area contributed by atoms with Gasteiger partial charge in [0.05, 0.1) is 5.52 Å². The van der Waals surface area contributed by atoms with Crippen molar-refractivity contribution in [3.63, 3.8) is 0 Å². The molecule has 7 heteroatoms. The summed E-state index contributed by atoms with van der Waals surface area (Å²) < 4.78 is 2.31. The molecule has 0 amide bonds. The van der Waals surface area contributed by atoms with Crippen LogP contribution in [0.1, 0.15) is 83.7 Å². The third-order valence-electron chi connectivity index (χ3n) is 7.93. The summed E-state index contributed by atoms with van der Waals surface area (Å²) in [7, 11) is 0. The van der Waals surface area contributed by atoms with E-state index in [1.54, 1.807) is 0 Å². The number of carbonyl (C=O) groups is 3. The molecule has 1 fully saturated rings. The zero-order valence-corrected chi connectivity index (χ0v) is 22.3. The van der Waals surface area contributed by atoms with Crippen molar-refractivity contribution in [1.82, 2.24) is 4.57 Å². The molecule has 1 aliphatic heterocycles. The maximum absolute atomic E-state index is 13.9. The molecule has 0 N–H and O–H groups in total. The molecule has 2 aliphatic rings. The van der Waals surface area contributed by atoms with Gasteiger partial charge in [0.15, 0.2) is 5.78 Å². The molecule has 6 nitrogen and oxygen atoms in total. The van der Waals surface area contributed by atoms with Crippen LogP contribution in [0, 0.1) is 5.92 Å². The summed E-state index contributed by atoms with van der Waals surface area (Å²) >= 11 is 1.51. The topological polar surface area (TPSA) is 77.7 Å². The Morgan fingerprint density at radius 3 is 2.55 bits per heavy atom. The number of benzene rings is 2. The molecular weight excluding hydrogens is 496 g/mol. The first kappa shape index (κ1) is 24.7. The normalized spacial score (nSPS) is 16.2. The Labute approximate surface area is 225 Å². The summed E-state index contributed by atoms with van der Waals surface area (Å²) in [5.41, 5.74) is 5.53. The molecule has 0 radical (unpaired) electrons. The third kappa shape index (κ3) is 4.60. The van der Waals surface area contributed by atoms with E-state index in [1.807, 2.05) is 47.2 Å². The van der Waals surface area contributed by atoms with Gasteiger partial charge in [-0.1, -0.05) is 37.3 Å². The molecule has 0 bridgehead atoms. The van der Waals surface area contributed by atoms with Gasteiger partial charge >= 0.3 is 5.97 Å². The molecule has 38 heavy (non-hydrogen) atoms. The van der Waals surface area contributed by atoms with E-state index in [2.05, 4.69) is 9.72 Å². The van der Waals surface area contributed by atoms with E-state index in [-0.39, 0.29) is 11.6 Å². The fourth-order valence-electron chi connectivity index (χ4n) is 6.13. The number of hydrogen-bond donors (Lipinski definition) is 0. The lowest BCUT2D eigenvalue weighted by Crippen LogP contribution is -2.21. The maximum atomic E-state index is 13.9. The Hall–Kier alpha value is -3.58. The Morgan fingerprint density at radius 1 is 0.974 bits per heavy atom. The van der Waals surface area contributed by atoms with Gasteiger partial charge < -0.3 is 9.40 Å². The lowest BCUT2D eigenvalue weighted by Gasteiger charge is -2.22. The Kier molecular flexibility index (Phi) is 6.70. The molecule has 2 aromatic heterocycles. The van der Waals surface area contributed by atoms with E-state index in [0.29, 0.717) is 34.7 Å². The fraction of sp³-hybridized carbons (Fsp3) is 0.355. The van der Waals surface area contributed by atoms with Crippen molar-refractivity contribution in [3.05, 3.63) is 69.4 Å². The van der Waals surface area contributed by atoms with Gasteiger partial charge in [-0.15, -0.1) is 0 Å². The van der Waals surface area contributed by atoms with Gasteiger partial charge in [0, 0.05) is 51.8 Å². The highest BCUT2D eigenvalue weighted by Crippen LogP contribution is 2.37. The minimum Gasteiger partial charge on any atom is -0.340 e. The number of ketones is 2. The molecule has 4 aromatic rings. The van der Waals surface area contributed by atoms with Crippen LogP contribution in [0.4, 0.5) is 0 Å². The van der Waals surface area contributed by atoms with Crippen LogP contribution in [0.25, 0.3) is 21.8 Å². The zero-order valence-electron chi connectivity index (χ0n) is 21.5. The van der Waals surface area contributed by atoms with Crippen LogP contribution in [0.3, 0.4) is 0 Å². The van der Waals surface area contributed by atoms with Gasteiger partial charge in [-0.3, -0.25) is 9.59 Å². The molecule has 0 atom stereocenters. The summed E-state index contributed by atoms with van der Waals surface area (Å²) in [6.07, 6.45) is 8.03. The summed E-state index contributed by atoms with van der Waals surface area (Å²) in [6.45, 7) is 2.20. The smallest absolute Gasteiger partial charge is 0.331 e. The monoisotopic (exact) mass is 526 g/mol. The van der Waals surface area contributed by atoms with Crippen molar-refractivity contribution in [1.29, 1.82) is 0 Å². The van der Waals surface area contributed by atoms with E-state index in [1.165, 1.54) is 24.7 Å². The fourth-order valence-corrected chi connectivity index (χ4v) is 6.77. The van der Waals surface area contributed by atoms with Crippen LogP contribution in [-0.2, 0) is 22.6 Å². The van der Waals surface area contributed by atoms with Crippen molar-refractivity contribution in [2.75, 3.05) is 0 Å². The number of nitrogens with zero attached hydrogens (tertiary/aromatic N) is 2. The number of aromatic nitrogens is 1. The van der Waals surface area contributed by atoms with Gasteiger partial charge in [0.1, 0.15) is 5.71 Å². The van der Waals surface area contributed by atoms with Crippen molar-refractivity contribution in [2.45, 2.75) is 64.8 Å². The highest BCUT2D eigenvalue weighted by atomic mass is 32.1.